The van der Waals surface area contributed by atoms with Crippen LogP contribution in [0.15, 0.2) is 24.3 Å². The Hall–Kier alpha value is -1.20. The summed E-state index contributed by atoms with van der Waals surface area (Å²) in [6, 6.07) is 5.97. The summed E-state index contributed by atoms with van der Waals surface area (Å²) in [6.07, 6.45) is -2.46. The number of nitrogens with zero attached hydrogens (tertiary/aromatic N) is 2. The minimum atomic E-state index is -2.46. The van der Waals surface area contributed by atoms with Crippen molar-refractivity contribution < 1.29 is 8.78 Å². The number of hydrogen-bond donors (Lipinski definition) is 0. The molecular formula is C13H9ClF2N2S. The van der Waals surface area contributed by atoms with Crippen LogP contribution in [0.2, 0.25) is 5.15 Å². The van der Waals surface area contributed by atoms with Crippen molar-refractivity contribution in [3.05, 3.63) is 46.2 Å². The second-order valence-electron chi connectivity index (χ2n) is 4.18. The number of fused-ring (bicyclic) bond motifs is 1. The maximum atomic E-state index is 12.5. The third kappa shape index (κ3) is 2.44. The van der Waals surface area contributed by atoms with E-state index in [1.807, 2.05) is 0 Å². The smallest absolute Gasteiger partial charge is 0.232 e. The first kappa shape index (κ1) is 12.8. The lowest BCUT2D eigenvalue weighted by atomic mass is 10.1. The standard InChI is InChI=1S/C13H9ClF2N2S/c14-11-9-5-19-6-10(9)17-13(18-11)8-3-1-7(2-4-8)12(15)16/h1-4,12H,5-6H2. The van der Waals surface area contributed by atoms with E-state index >= 15 is 0 Å². The molecule has 6 heteroatoms. The fraction of sp³-hybridized carbons (Fsp3) is 0.231. The summed E-state index contributed by atoms with van der Waals surface area (Å²) in [6.45, 7) is 0. The summed E-state index contributed by atoms with van der Waals surface area (Å²) >= 11 is 7.86. The quantitative estimate of drug-likeness (QED) is 0.764. The van der Waals surface area contributed by atoms with Crippen LogP contribution in [0.5, 0.6) is 0 Å². The van der Waals surface area contributed by atoms with Gasteiger partial charge in [-0.25, -0.2) is 18.7 Å². The average molecular weight is 299 g/mol. The van der Waals surface area contributed by atoms with Gasteiger partial charge in [0.15, 0.2) is 5.82 Å². The number of aromatic nitrogens is 2. The number of thioether (sulfide) groups is 1. The topological polar surface area (TPSA) is 25.8 Å². The lowest BCUT2D eigenvalue weighted by Crippen LogP contribution is -1.97. The van der Waals surface area contributed by atoms with Crippen LogP contribution in [-0.2, 0) is 11.5 Å². The van der Waals surface area contributed by atoms with Crippen LogP contribution >= 0.6 is 23.4 Å². The molecule has 19 heavy (non-hydrogen) atoms. The number of benzene rings is 1. The summed E-state index contributed by atoms with van der Waals surface area (Å²) in [4.78, 5) is 8.70. The van der Waals surface area contributed by atoms with E-state index in [2.05, 4.69) is 9.97 Å². The molecule has 0 N–H and O–H groups in total. The molecule has 0 fully saturated rings. The Balaban J connectivity index is 2.00. The van der Waals surface area contributed by atoms with E-state index in [-0.39, 0.29) is 5.56 Å². The van der Waals surface area contributed by atoms with Gasteiger partial charge in [-0.15, -0.1) is 0 Å². The molecule has 2 aromatic rings. The highest BCUT2D eigenvalue weighted by Gasteiger charge is 2.19. The third-order valence-electron chi connectivity index (χ3n) is 2.95. The van der Waals surface area contributed by atoms with Gasteiger partial charge in [0.25, 0.3) is 6.43 Å². The Morgan fingerprint density at radius 3 is 2.53 bits per heavy atom. The maximum Gasteiger partial charge on any atom is 0.263 e. The van der Waals surface area contributed by atoms with Crippen molar-refractivity contribution in [2.24, 2.45) is 0 Å². The SMILES string of the molecule is FC(F)c1ccc(-c2nc(Cl)c3c(n2)CSC3)cc1. The molecule has 0 radical (unpaired) electrons. The van der Waals surface area contributed by atoms with E-state index in [0.29, 0.717) is 16.5 Å². The highest BCUT2D eigenvalue weighted by molar-refractivity contribution is 7.98. The fourth-order valence-electron chi connectivity index (χ4n) is 1.92. The van der Waals surface area contributed by atoms with Crippen molar-refractivity contribution in [2.75, 3.05) is 0 Å². The minimum Gasteiger partial charge on any atom is -0.232 e. The van der Waals surface area contributed by atoms with E-state index in [9.17, 15) is 8.78 Å². The summed E-state index contributed by atoms with van der Waals surface area (Å²) < 4.78 is 25.0. The Morgan fingerprint density at radius 2 is 1.84 bits per heavy atom. The van der Waals surface area contributed by atoms with Gasteiger partial charge in [0.1, 0.15) is 5.15 Å². The van der Waals surface area contributed by atoms with Gasteiger partial charge in [-0.1, -0.05) is 35.9 Å². The molecule has 98 valence electrons. The monoisotopic (exact) mass is 298 g/mol. The molecule has 0 bridgehead atoms. The van der Waals surface area contributed by atoms with Crippen LogP contribution in [-0.4, -0.2) is 9.97 Å². The molecule has 0 unspecified atom stereocenters. The predicted octanol–water partition coefficient (Wildman–Crippen LogP) is 4.48. The Kier molecular flexibility index (Phi) is 3.41. The average Bonchev–Trinajstić information content (AvgIpc) is 2.87. The first-order valence-electron chi connectivity index (χ1n) is 5.66. The minimum absolute atomic E-state index is 0.00781. The molecule has 1 aliphatic heterocycles. The van der Waals surface area contributed by atoms with Gasteiger partial charge in [-0.05, 0) is 0 Å². The molecule has 0 saturated heterocycles. The second kappa shape index (κ2) is 5.06. The van der Waals surface area contributed by atoms with Crippen LogP contribution in [0.1, 0.15) is 23.2 Å². The lowest BCUT2D eigenvalue weighted by Gasteiger charge is -2.06. The van der Waals surface area contributed by atoms with Gasteiger partial charge >= 0.3 is 0 Å². The molecule has 1 aliphatic rings. The number of alkyl halides is 2. The van der Waals surface area contributed by atoms with Gasteiger partial charge < -0.3 is 0 Å². The first-order chi connectivity index (χ1) is 9.15. The van der Waals surface area contributed by atoms with Crippen molar-refractivity contribution in [3.8, 4) is 11.4 Å². The summed E-state index contributed by atoms with van der Waals surface area (Å²) in [5.74, 6) is 2.14. The number of hydrogen-bond acceptors (Lipinski definition) is 3. The zero-order valence-electron chi connectivity index (χ0n) is 9.74. The molecule has 0 atom stereocenters. The molecule has 0 spiro atoms. The molecule has 3 rings (SSSR count). The van der Waals surface area contributed by atoms with Gasteiger partial charge in [-0.3, -0.25) is 0 Å². The van der Waals surface area contributed by atoms with E-state index in [4.69, 9.17) is 11.6 Å². The summed E-state index contributed by atoms with van der Waals surface area (Å²) in [5.41, 5.74) is 2.62. The molecular weight excluding hydrogens is 290 g/mol. The van der Waals surface area contributed by atoms with Crippen LogP contribution in [0.4, 0.5) is 8.78 Å². The lowest BCUT2D eigenvalue weighted by molar-refractivity contribution is 0.151. The fourth-order valence-corrected chi connectivity index (χ4v) is 3.30. The van der Waals surface area contributed by atoms with Crippen molar-refractivity contribution in [1.29, 1.82) is 0 Å². The van der Waals surface area contributed by atoms with E-state index in [0.717, 1.165) is 22.8 Å². The van der Waals surface area contributed by atoms with Gasteiger partial charge in [-0.2, -0.15) is 11.8 Å². The normalized spacial score (nSPS) is 13.9. The van der Waals surface area contributed by atoms with Gasteiger partial charge in [0.05, 0.1) is 5.69 Å². The highest BCUT2D eigenvalue weighted by atomic mass is 35.5. The van der Waals surface area contributed by atoms with Crippen LogP contribution in [0.3, 0.4) is 0 Å². The Labute approximate surface area is 118 Å². The zero-order valence-corrected chi connectivity index (χ0v) is 11.3. The van der Waals surface area contributed by atoms with Gasteiger partial charge in [0, 0.05) is 28.2 Å². The van der Waals surface area contributed by atoms with Crippen molar-refractivity contribution in [1.82, 2.24) is 9.97 Å². The van der Waals surface area contributed by atoms with Crippen LogP contribution in [0.25, 0.3) is 11.4 Å². The molecule has 0 saturated carbocycles. The maximum absolute atomic E-state index is 12.5. The van der Waals surface area contributed by atoms with E-state index in [1.165, 1.54) is 12.1 Å². The molecule has 2 heterocycles. The molecule has 2 nitrogen and oxygen atoms in total. The third-order valence-corrected chi connectivity index (χ3v) is 4.23. The zero-order chi connectivity index (χ0) is 13.4. The van der Waals surface area contributed by atoms with Crippen molar-refractivity contribution in [3.63, 3.8) is 0 Å². The van der Waals surface area contributed by atoms with E-state index in [1.54, 1.807) is 23.9 Å². The van der Waals surface area contributed by atoms with Gasteiger partial charge in [0.2, 0.25) is 0 Å². The van der Waals surface area contributed by atoms with Crippen molar-refractivity contribution in [2.45, 2.75) is 17.9 Å². The van der Waals surface area contributed by atoms with Crippen LogP contribution in [0, 0.1) is 0 Å². The van der Waals surface area contributed by atoms with E-state index < -0.39 is 6.43 Å². The predicted molar refractivity (Wildman–Crippen MR) is 72.4 cm³/mol. The summed E-state index contributed by atoms with van der Waals surface area (Å²) in [5, 5.41) is 0.461. The largest absolute Gasteiger partial charge is 0.263 e. The highest BCUT2D eigenvalue weighted by Crippen LogP contribution is 2.34. The number of halogens is 3. The summed E-state index contributed by atoms with van der Waals surface area (Å²) in [7, 11) is 0. The molecule has 1 aromatic carbocycles. The Bertz CT molecular complexity index is 617. The Morgan fingerprint density at radius 1 is 1.11 bits per heavy atom. The molecule has 0 aliphatic carbocycles. The molecule has 1 aromatic heterocycles. The first-order valence-corrected chi connectivity index (χ1v) is 7.20. The number of rotatable bonds is 2. The molecule has 0 amide bonds. The van der Waals surface area contributed by atoms with Crippen molar-refractivity contribution >= 4 is 23.4 Å². The second-order valence-corrected chi connectivity index (χ2v) is 5.52. The van der Waals surface area contributed by atoms with Crippen LogP contribution < -0.4 is 0 Å².